The van der Waals surface area contributed by atoms with E-state index in [4.69, 9.17) is 42.6 Å². The minimum atomic E-state index is -1.29. The summed E-state index contributed by atoms with van der Waals surface area (Å²) in [5, 5.41) is 12.0. The average molecular weight is 593 g/mol. The van der Waals surface area contributed by atoms with Crippen LogP contribution in [0.2, 0.25) is 0 Å². The molecule has 43 heavy (non-hydrogen) atoms. The Labute approximate surface area is 250 Å². The molecule has 0 saturated carbocycles. The van der Waals surface area contributed by atoms with E-state index in [9.17, 15) is 5.11 Å². The summed E-state index contributed by atoms with van der Waals surface area (Å²) in [4.78, 5) is 0. The fraction of sp³-hybridized carbons (Fsp3) is 0.455. The standard InChI is InChI=1S/C33H36O10/c1-5-13-33(20-10-12-22-26(15-20)41-18-40-22)31(37-4)42-27-14-19(9-11-23(27)43-33)29-21-16-38-30(32(21,34)17-39-29)28-24(35-2)7-6-8-25(28)36-3/h6-12,14-15,21,29-31,34H,5,13,16-18H2,1-4H3/t21-,29-,30-,31-,32-,33-/m1/s1. The van der Waals surface area contributed by atoms with Crippen LogP contribution in [0, 0.1) is 5.92 Å². The van der Waals surface area contributed by atoms with E-state index in [0.29, 0.717) is 53.1 Å². The number of hydrogen-bond donors (Lipinski definition) is 1. The second-order valence-electron chi connectivity index (χ2n) is 11.3. The molecule has 7 rings (SSSR count). The molecule has 10 nitrogen and oxygen atoms in total. The molecule has 0 aromatic heterocycles. The van der Waals surface area contributed by atoms with Crippen molar-refractivity contribution in [1.82, 2.24) is 0 Å². The van der Waals surface area contributed by atoms with E-state index in [1.54, 1.807) is 21.3 Å². The topological polar surface area (TPSA) is 103 Å². The highest BCUT2D eigenvalue weighted by Crippen LogP contribution is 2.57. The zero-order valence-electron chi connectivity index (χ0n) is 24.7. The van der Waals surface area contributed by atoms with Crippen LogP contribution in [0.5, 0.6) is 34.5 Å². The fourth-order valence-corrected chi connectivity index (χ4v) is 6.97. The van der Waals surface area contributed by atoms with Crippen LogP contribution in [0.1, 0.15) is 48.7 Å². The Bertz CT molecular complexity index is 1490. The first-order valence-corrected chi connectivity index (χ1v) is 14.5. The maximum atomic E-state index is 12.0. The first-order valence-electron chi connectivity index (χ1n) is 14.5. The van der Waals surface area contributed by atoms with Gasteiger partial charge in [0.25, 0.3) is 0 Å². The van der Waals surface area contributed by atoms with Gasteiger partial charge in [0.15, 0.2) is 28.6 Å². The van der Waals surface area contributed by atoms with Gasteiger partial charge in [0.1, 0.15) is 23.2 Å². The van der Waals surface area contributed by atoms with Crippen molar-refractivity contribution in [1.29, 1.82) is 0 Å². The maximum absolute atomic E-state index is 12.0. The molecule has 3 aromatic rings. The molecule has 0 spiro atoms. The van der Waals surface area contributed by atoms with Crippen LogP contribution in [0.25, 0.3) is 0 Å². The summed E-state index contributed by atoms with van der Waals surface area (Å²) in [6.45, 7) is 2.67. The number of benzene rings is 3. The Morgan fingerprint density at radius 1 is 0.884 bits per heavy atom. The van der Waals surface area contributed by atoms with Crippen molar-refractivity contribution in [2.45, 2.75) is 49.5 Å². The van der Waals surface area contributed by atoms with Crippen molar-refractivity contribution in [3.63, 3.8) is 0 Å². The van der Waals surface area contributed by atoms with Gasteiger partial charge in [-0.2, -0.15) is 0 Å². The van der Waals surface area contributed by atoms with Gasteiger partial charge in [0.2, 0.25) is 13.1 Å². The summed E-state index contributed by atoms with van der Waals surface area (Å²) in [5.74, 6) is 3.34. The molecule has 4 aliphatic rings. The van der Waals surface area contributed by atoms with E-state index in [-0.39, 0.29) is 19.3 Å². The molecule has 3 aromatic carbocycles. The van der Waals surface area contributed by atoms with Crippen molar-refractivity contribution in [3.05, 3.63) is 71.3 Å². The molecule has 0 unspecified atom stereocenters. The normalized spacial score (nSPS) is 30.3. The van der Waals surface area contributed by atoms with Crippen molar-refractivity contribution >= 4 is 0 Å². The highest BCUT2D eigenvalue weighted by Gasteiger charge is 2.60. The van der Waals surface area contributed by atoms with Crippen LogP contribution in [-0.2, 0) is 19.8 Å². The lowest BCUT2D eigenvalue weighted by molar-refractivity contribution is -0.199. The van der Waals surface area contributed by atoms with Crippen LogP contribution in [-0.4, -0.2) is 58.3 Å². The van der Waals surface area contributed by atoms with Gasteiger partial charge in [-0.05, 0) is 48.4 Å². The third-order valence-corrected chi connectivity index (χ3v) is 9.03. The second kappa shape index (κ2) is 10.8. The second-order valence-corrected chi connectivity index (χ2v) is 11.3. The Morgan fingerprint density at radius 3 is 2.40 bits per heavy atom. The zero-order valence-corrected chi connectivity index (χ0v) is 24.7. The van der Waals surface area contributed by atoms with Crippen molar-refractivity contribution in [2.75, 3.05) is 41.3 Å². The smallest absolute Gasteiger partial charge is 0.244 e. The summed E-state index contributed by atoms with van der Waals surface area (Å²) in [6, 6.07) is 17.1. The Balaban J connectivity index is 1.19. The Kier molecular flexibility index (Phi) is 7.04. The van der Waals surface area contributed by atoms with Gasteiger partial charge >= 0.3 is 0 Å². The van der Waals surface area contributed by atoms with Gasteiger partial charge in [-0.3, -0.25) is 0 Å². The molecule has 10 heteroatoms. The number of fused-ring (bicyclic) bond motifs is 3. The first-order chi connectivity index (χ1) is 21.0. The van der Waals surface area contributed by atoms with E-state index in [1.807, 2.05) is 54.6 Å². The molecule has 2 fully saturated rings. The van der Waals surface area contributed by atoms with Crippen LogP contribution in [0.3, 0.4) is 0 Å². The number of hydrogen-bond acceptors (Lipinski definition) is 10. The molecular formula is C33H36O10. The largest absolute Gasteiger partial charge is 0.496 e. The lowest BCUT2D eigenvalue weighted by Gasteiger charge is -2.44. The van der Waals surface area contributed by atoms with E-state index in [0.717, 1.165) is 17.5 Å². The summed E-state index contributed by atoms with van der Waals surface area (Å²) in [5.41, 5.74) is 0.210. The Hall–Kier alpha value is -3.70. The molecule has 4 aliphatic heterocycles. The monoisotopic (exact) mass is 592 g/mol. The molecule has 0 bridgehead atoms. The fourth-order valence-electron chi connectivity index (χ4n) is 6.97. The summed E-state index contributed by atoms with van der Waals surface area (Å²) in [7, 11) is 4.79. The quantitative estimate of drug-likeness (QED) is 0.382. The van der Waals surface area contributed by atoms with Gasteiger partial charge in [0, 0.05) is 18.6 Å². The van der Waals surface area contributed by atoms with Crippen molar-refractivity contribution in [2.24, 2.45) is 5.92 Å². The van der Waals surface area contributed by atoms with Crippen LogP contribution in [0.4, 0.5) is 0 Å². The highest BCUT2D eigenvalue weighted by atomic mass is 16.7. The van der Waals surface area contributed by atoms with E-state index >= 15 is 0 Å². The molecular weight excluding hydrogens is 556 g/mol. The van der Waals surface area contributed by atoms with Gasteiger partial charge in [0.05, 0.1) is 39.1 Å². The third-order valence-electron chi connectivity index (χ3n) is 9.03. The summed E-state index contributed by atoms with van der Waals surface area (Å²) < 4.78 is 54.1. The Morgan fingerprint density at radius 2 is 1.65 bits per heavy atom. The van der Waals surface area contributed by atoms with Gasteiger partial charge in [-0.25, -0.2) is 0 Å². The molecule has 0 amide bonds. The molecule has 2 saturated heterocycles. The minimum absolute atomic E-state index is 0.0903. The third kappa shape index (κ3) is 4.30. The van der Waals surface area contributed by atoms with E-state index < -0.39 is 29.7 Å². The number of aliphatic hydroxyl groups is 1. The zero-order chi connectivity index (χ0) is 29.8. The van der Waals surface area contributed by atoms with Crippen LogP contribution >= 0.6 is 0 Å². The lowest BCUT2D eigenvalue weighted by atomic mass is 9.80. The number of ether oxygens (including phenoxy) is 9. The van der Waals surface area contributed by atoms with Gasteiger partial charge < -0.3 is 47.7 Å². The molecule has 228 valence electrons. The first kappa shape index (κ1) is 28.1. The number of methoxy groups -OCH3 is 3. The molecule has 6 atom stereocenters. The molecule has 0 radical (unpaired) electrons. The van der Waals surface area contributed by atoms with Crippen molar-refractivity contribution < 1.29 is 47.7 Å². The van der Waals surface area contributed by atoms with Gasteiger partial charge in [-0.1, -0.05) is 31.5 Å². The minimum Gasteiger partial charge on any atom is -0.496 e. The molecule has 1 N–H and O–H groups in total. The highest BCUT2D eigenvalue weighted by molar-refractivity contribution is 5.51. The van der Waals surface area contributed by atoms with Crippen LogP contribution < -0.4 is 28.4 Å². The average Bonchev–Trinajstić information content (AvgIpc) is 3.73. The predicted molar refractivity (Wildman–Crippen MR) is 153 cm³/mol. The SMILES string of the molecule is CCC[C@]1(c2ccc3c(c2)OCO3)Oc2ccc([C@H]3OC[C@]4(O)[C@@H](c5c(OC)cccc5OC)OC[C@H]34)cc2O[C@H]1OC. The molecule has 0 aliphatic carbocycles. The summed E-state index contributed by atoms with van der Waals surface area (Å²) >= 11 is 0. The maximum Gasteiger partial charge on any atom is 0.244 e. The van der Waals surface area contributed by atoms with Gasteiger partial charge in [-0.15, -0.1) is 0 Å². The van der Waals surface area contributed by atoms with Crippen molar-refractivity contribution in [3.8, 4) is 34.5 Å². The summed E-state index contributed by atoms with van der Waals surface area (Å²) in [6.07, 6.45) is -0.353. The predicted octanol–water partition coefficient (Wildman–Crippen LogP) is 5.06. The lowest BCUT2D eigenvalue weighted by Crippen LogP contribution is -2.51. The van der Waals surface area contributed by atoms with E-state index in [2.05, 4.69) is 6.92 Å². The van der Waals surface area contributed by atoms with Crippen LogP contribution in [0.15, 0.2) is 54.6 Å². The van der Waals surface area contributed by atoms with E-state index in [1.165, 1.54) is 0 Å². The molecule has 4 heterocycles. The number of rotatable bonds is 8.